The van der Waals surface area contributed by atoms with E-state index >= 15 is 0 Å². The van der Waals surface area contributed by atoms with E-state index in [1.54, 1.807) is 24.3 Å². The van der Waals surface area contributed by atoms with E-state index in [1.807, 2.05) is 0 Å². The molecule has 0 aromatic heterocycles. The predicted molar refractivity (Wildman–Crippen MR) is 59.8 cm³/mol. The maximum Gasteiger partial charge on any atom is 0.253 e. The molecule has 0 heterocycles. The van der Waals surface area contributed by atoms with Crippen LogP contribution in [0.1, 0.15) is 10.4 Å². The highest BCUT2D eigenvalue weighted by atomic mass is 16.3. The first kappa shape index (κ1) is 11.9. The normalized spacial score (nSPS) is 9.31. The fourth-order valence-electron chi connectivity index (χ4n) is 1.07. The molecule has 0 bridgehead atoms. The zero-order valence-electron chi connectivity index (χ0n) is 8.56. The van der Waals surface area contributed by atoms with E-state index in [0.29, 0.717) is 11.3 Å². The van der Waals surface area contributed by atoms with Crippen LogP contribution >= 0.6 is 0 Å². The monoisotopic (exact) mass is 220 g/mol. The summed E-state index contributed by atoms with van der Waals surface area (Å²) in [6.45, 7) is 2.91. The average molecular weight is 220 g/mol. The standard InChI is InChI=1S/C11H12N2O3/c1-2-10(15)13-9-5-3-8(4-6-9)11(16)12-7-14/h2-6,14H,1,7H2,(H,12,16)(H,13,15). The van der Waals surface area contributed by atoms with Crippen LogP contribution in [-0.4, -0.2) is 23.7 Å². The van der Waals surface area contributed by atoms with Crippen molar-refractivity contribution in [1.29, 1.82) is 0 Å². The Labute approximate surface area is 92.8 Å². The lowest BCUT2D eigenvalue weighted by Crippen LogP contribution is -2.23. The summed E-state index contributed by atoms with van der Waals surface area (Å²) in [6.07, 6.45) is 1.16. The Morgan fingerprint density at radius 3 is 2.44 bits per heavy atom. The lowest BCUT2D eigenvalue weighted by atomic mass is 10.2. The van der Waals surface area contributed by atoms with E-state index in [4.69, 9.17) is 5.11 Å². The molecule has 0 spiro atoms. The fraction of sp³-hybridized carbons (Fsp3) is 0.0909. The van der Waals surface area contributed by atoms with Crippen LogP contribution in [0.5, 0.6) is 0 Å². The van der Waals surface area contributed by atoms with Crippen LogP contribution in [0.15, 0.2) is 36.9 Å². The highest BCUT2D eigenvalue weighted by Gasteiger charge is 2.04. The molecule has 1 aromatic carbocycles. The van der Waals surface area contributed by atoms with Gasteiger partial charge in [-0.25, -0.2) is 0 Å². The molecule has 3 N–H and O–H groups in total. The highest BCUT2D eigenvalue weighted by Crippen LogP contribution is 2.09. The number of carbonyl (C=O) groups excluding carboxylic acids is 2. The molecule has 5 nitrogen and oxygen atoms in total. The minimum absolute atomic E-state index is 0.312. The summed E-state index contributed by atoms with van der Waals surface area (Å²) in [5.74, 6) is -0.684. The van der Waals surface area contributed by atoms with Crippen molar-refractivity contribution in [2.45, 2.75) is 0 Å². The van der Waals surface area contributed by atoms with Crippen LogP contribution in [0.25, 0.3) is 0 Å². The van der Waals surface area contributed by atoms with Gasteiger partial charge in [0.1, 0.15) is 6.73 Å². The molecule has 0 aliphatic carbocycles. The highest BCUT2D eigenvalue weighted by molar-refractivity contribution is 5.99. The molecule has 0 fully saturated rings. The van der Waals surface area contributed by atoms with Crippen LogP contribution in [0.4, 0.5) is 5.69 Å². The van der Waals surface area contributed by atoms with Crippen LogP contribution < -0.4 is 10.6 Å². The topological polar surface area (TPSA) is 78.4 Å². The quantitative estimate of drug-likeness (QED) is 0.510. The summed E-state index contributed by atoms with van der Waals surface area (Å²) in [5.41, 5.74) is 0.983. The van der Waals surface area contributed by atoms with Gasteiger partial charge in [-0.05, 0) is 30.3 Å². The number of hydrogen-bond acceptors (Lipinski definition) is 3. The Morgan fingerprint density at radius 1 is 1.31 bits per heavy atom. The van der Waals surface area contributed by atoms with E-state index in [1.165, 1.54) is 0 Å². The second kappa shape index (κ2) is 5.67. The largest absolute Gasteiger partial charge is 0.376 e. The van der Waals surface area contributed by atoms with Crippen molar-refractivity contribution in [2.75, 3.05) is 12.0 Å². The third-order valence-electron chi connectivity index (χ3n) is 1.84. The fourth-order valence-corrected chi connectivity index (χ4v) is 1.07. The van der Waals surface area contributed by atoms with E-state index < -0.39 is 6.73 Å². The molecule has 1 aromatic rings. The van der Waals surface area contributed by atoms with Gasteiger partial charge in [-0.3, -0.25) is 9.59 Å². The van der Waals surface area contributed by atoms with Crippen LogP contribution in [-0.2, 0) is 4.79 Å². The van der Waals surface area contributed by atoms with Crippen molar-refractivity contribution in [1.82, 2.24) is 5.32 Å². The number of hydrogen-bond donors (Lipinski definition) is 3. The summed E-state index contributed by atoms with van der Waals surface area (Å²) < 4.78 is 0. The third kappa shape index (κ3) is 3.21. The molecule has 0 aliphatic rings. The lowest BCUT2D eigenvalue weighted by molar-refractivity contribution is -0.111. The van der Waals surface area contributed by atoms with Gasteiger partial charge < -0.3 is 15.7 Å². The summed E-state index contributed by atoms with van der Waals surface area (Å²) in [5, 5.41) is 13.3. The van der Waals surface area contributed by atoms with Gasteiger partial charge in [0.05, 0.1) is 0 Å². The zero-order valence-corrected chi connectivity index (χ0v) is 8.56. The summed E-state index contributed by atoms with van der Waals surface area (Å²) in [7, 11) is 0. The molecule has 0 atom stereocenters. The molecular weight excluding hydrogens is 208 g/mol. The summed E-state index contributed by atoms with van der Waals surface area (Å²) >= 11 is 0. The maximum atomic E-state index is 11.3. The van der Waals surface area contributed by atoms with Crippen molar-refractivity contribution < 1.29 is 14.7 Å². The van der Waals surface area contributed by atoms with Gasteiger partial charge in [-0.15, -0.1) is 0 Å². The number of carbonyl (C=O) groups is 2. The Hall–Kier alpha value is -2.14. The molecule has 16 heavy (non-hydrogen) atoms. The van der Waals surface area contributed by atoms with Gasteiger partial charge in [-0.2, -0.15) is 0 Å². The van der Waals surface area contributed by atoms with Crippen LogP contribution in [0.3, 0.4) is 0 Å². The predicted octanol–water partition coefficient (Wildman–Crippen LogP) is 0.491. The Kier molecular flexibility index (Phi) is 4.23. The van der Waals surface area contributed by atoms with Crippen molar-refractivity contribution in [3.8, 4) is 0 Å². The van der Waals surface area contributed by atoms with Gasteiger partial charge in [0.15, 0.2) is 0 Å². The smallest absolute Gasteiger partial charge is 0.253 e. The van der Waals surface area contributed by atoms with E-state index in [9.17, 15) is 9.59 Å². The van der Waals surface area contributed by atoms with Gasteiger partial charge in [0.25, 0.3) is 5.91 Å². The number of aliphatic hydroxyl groups excluding tert-OH is 1. The van der Waals surface area contributed by atoms with Crippen molar-refractivity contribution >= 4 is 17.5 Å². The molecule has 84 valence electrons. The number of anilines is 1. The first-order valence-electron chi connectivity index (χ1n) is 4.60. The Balaban J connectivity index is 2.71. The van der Waals surface area contributed by atoms with E-state index in [0.717, 1.165) is 6.08 Å². The van der Waals surface area contributed by atoms with Gasteiger partial charge >= 0.3 is 0 Å². The molecule has 0 unspecified atom stereocenters. The van der Waals surface area contributed by atoms with Crippen LogP contribution in [0.2, 0.25) is 0 Å². The third-order valence-corrected chi connectivity index (χ3v) is 1.84. The van der Waals surface area contributed by atoms with Crippen molar-refractivity contribution in [3.05, 3.63) is 42.5 Å². The first-order valence-corrected chi connectivity index (χ1v) is 4.60. The molecule has 0 saturated carbocycles. The van der Waals surface area contributed by atoms with Gasteiger partial charge in [-0.1, -0.05) is 6.58 Å². The number of amides is 2. The van der Waals surface area contributed by atoms with Gasteiger partial charge in [0, 0.05) is 11.3 Å². The second-order valence-electron chi connectivity index (χ2n) is 2.93. The maximum absolute atomic E-state index is 11.3. The van der Waals surface area contributed by atoms with E-state index in [-0.39, 0.29) is 11.8 Å². The summed E-state index contributed by atoms with van der Waals surface area (Å²) in [6, 6.07) is 6.27. The molecule has 1 rings (SSSR count). The minimum Gasteiger partial charge on any atom is -0.376 e. The lowest BCUT2D eigenvalue weighted by Gasteiger charge is -2.04. The number of aliphatic hydroxyl groups is 1. The average Bonchev–Trinajstić information content (AvgIpc) is 2.30. The second-order valence-corrected chi connectivity index (χ2v) is 2.93. The Bertz CT molecular complexity index is 398. The van der Waals surface area contributed by atoms with E-state index in [2.05, 4.69) is 17.2 Å². The van der Waals surface area contributed by atoms with Gasteiger partial charge in [0.2, 0.25) is 5.91 Å². The molecule has 0 radical (unpaired) electrons. The SMILES string of the molecule is C=CC(=O)Nc1ccc(C(=O)NCO)cc1. The van der Waals surface area contributed by atoms with Crippen LogP contribution in [0, 0.1) is 0 Å². The molecule has 5 heteroatoms. The molecular formula is C11H12N2O3. The number of benzene rings is 1. The number of rotatable bonds is 4. The Morgan fingerprint density at radius 2 is 1.94 bits per heavy atom. The molecule has 2 amide bonds. The van der Waals surface area contributed by atoms with Crippen molar-refractivity contribution in [3.63, 3.8) is 0 Å². The number of nitrogens with one attached hydrogen (secondary N) is 2. The zero-order chi connectivity index (χ0) is 12.0. The molecule has 0 aliphatic heterocycles. The molecule has 0 saturated heterocycles. The van der Waals surface area contributed by atoms with Crippen molar-refractivity contribution in [2.24, 2.45) is 0 Å². The first-order chi connectivity index (χ1) is 7.67. The summed E-state index contributed by atoms with van der Waals surface area (Å²) in [4.78, 5) is 22.2. The minimum atomic E-state index is -0.409.